The van der Waals surface area contributed by atoms with Gasteiger partial charge in [-0.25, -0.2) is 0 Å². The van der Waals surface area contributed by atoms with Crippen LogP contribution in [0.2, 0.25) is 0 Å². The van der Waals surface area contributed by atoms with Gasteiger partial charge in [0.1, 0.15) is 0 Å². The first-order valence-corrected chi connectivity index (χ1v) is 5.09. The standard InChI is InChI=1S/C12H21N/c1-5-9-11(6-2)10-13-12(7-3)8-4/h6-7,10,12H,3,5,8-9H2,1-2,4H3/b11-6+,13-10+/t12-/m1/s1. The Bertz CT molecular complexity index is 189. The summed E-state index contributed by atoms with van der Waals surface area (Å²) in [5, 5.41) is 0. The van der Waals surface area contributed by atoms with Crippen LogP contribution in [0.25, 0.3) is 0 Å². The van der Waals surface area contributed by atoms with Crippen LogP contribution in [0.1, 0.15) is 40.0 Å². The third kappa shape index (κ3) is 5.40. The molecule has 1 heteroatoms. The van der Waals surface area contributed by atoms with E-state index in [-0.39, 0.29) is 6.04 Å². The van der Waals surface area contributed by atoms with Crippen molar-refractivity contribution in [1.82, 2.24) is 0 Å². The Morgan fingerprint density at radius 3 is 2.54 bits per heavy atom. The first-order valence-electron chi connectivity index (χ1n) is 5.09. The zero-order valence-corrected chi connectivity index (χ0v) is 9.09. The number of nitrogens with zero attached hydrogens (tertiary/aromatic N) is 1. The van der Waals surface area contributed by atoms with Crippen LogP contribution in [0.15, 0.2) is 29.3 Å². The quantitative estimate of drug-likeness (QED) is 0.435. The maximum Gasteiger partial charge on any atom is 0.0674 e. The van der Waals surface area contributed by atoms with Crippen molar-refractivity contribution in [2.75, 3.05) is 0 Å². The number of allylic oxidation sites excluding steroid dienone is 2. The van der Waals surface area contributed by atoms with Gasteiger partial charge < -0.3 is 0 Å². The predicted octanol–water partition coefficient (Wildman–Crippen LogP) is 3.77. The van der Waals surface area contributed by atoms with E-state index in [9.17, 15) is 0 Å². The number of aliphatic imine (C=N–C) groups is 1. The van der Waals surface area contributed by atoms with Gasteiger partial charge in [-0.1, -0.05) is 32.4 Å². The smallest absolute Gasteiger partial charge is 0.0674 e. The molecule has 0 rings (SSSR count). The highest BCUT2D eigenvalue weighted by Crippen LogP contribution is 2.04. The highest BCUT2D eigenvalue weighted by molar-refractivity contribution is 5.78. The highest BCUT2D eigenvalue weighted by atomic mass is 14.8. The Morgan fingerprint density at radius 1 is 1.46 bits per heavy atom. The monoisotopic (exact) mass is 179 g/mol. The zero-order valence-electron chi connectivity index (χ0n) is 9.09. The van der Waals surface area contributed by atoms with Crippen molar-refractivity contribution < 1.29 is 0 Å². The maximum atomic E-state index is 4.44. The first-order chi connectivity index (χ1) is 6.28. The molecule has 0 heterocycles. The van der Waals surface area contributed by atoms with E-state index in [2.05, 4.69) is 38.4 Å². The third-order valence-electron chi connectivity index (χ3n) is 2.03. The van der Waals surface area contributed by atoms with E-state index in [1.165, 1.54) is 12.0 Å². The average molecular weight is 179 g/mol. The molecule has 0 saturated carbocycles. The number of rotatable bonds is 6. The summed E-state index contributed by atoms with van der Waals surface area (Å²) in [6.07, 6.45) is 9.34. The largest absolute Gasteiger partial charge is 0.285 e. The van der Waals surface area contributed by atoms with Crippen LogP contribution in [-0.4, -0.2) is 12.3 Å². The van der Waals surface area contributed by atoms with Gasteiger partial charge in [0, 0.05) is 6.21 Å². The minimum atomic E-state index is 0.284. The number of hydrogen-bond acceptors (Lipinski definition) is 1. The summed E-state index contributed by atoms with van der Waals surface area (Å²) in [5.74, 6) is 0. The molecular formula is C12H21N. The molecule has 0 amide bonds. The fourth-order valence-electron chi connectivity index (χ4n) is 1.10. The van der Waals surface area contributed by atoms with Gasteiger partial charge in [0.2, 0.25) is 0 Å². The number of hydrogen-bond donors (Lipinski definition) is 0. The molecule has 0 unspecified atom stereocenters. The van der Waals surface area contributed by atoms with Crippen LogP contribution in [0.5, 0.6) is 0 Å². The Labute approximate surface area is 82.3 Å². The lowest BCUT2D eigenvalue weighted by atomic mass is 10.1. The average Bonchev–Trinajstić information content (AvgIpc) is 2.17. The van der Waals surface area contributed by atoms with Crippen LogP contribution in [0.4, 0.5) is 0 Å². The van der Waals surface area contributed by atoms with E-state index >= 15 is 0 Å². The molecule has 0 spiro atoms. The highest BCUT2D eigenvalue weighted by Gasteiger charge is 1.95. The van der Waals surface area contributed by atoms with Crippen LogP contribution in [0, 0.1) is 0 Å². The van der Waals surface area contributed by atoms with Gasteiger partial charge in [-0.15, -0.1) is 6.58 Å². The topological polar surface area (TPSA) is 12.4 Å². The molecule has 0 N–H and O–H groups in total. The lowest BCUT2D eigenvalue weighted by Crippen LogP contribution is -1.98. The molecule has 1 nitrogen and oxygen atoms in total. The molecule has 0 aromatic heterocycles. The van der Waals surface area contributed by atoms with Gasteiger partial charge in [0.25, 0.3) is 0 Å². The first kappa shape index (κ1) is 12.2. The molecule has 0 fully saturated rings. The summed E-state index contributed by atoms with van der Waals surface area (Å²) in [6, 6.07) is 0.284. The molecule has 0 aliphatic rings. The lowest BCUT2D eigenvalue weighted by Gasteiger charge is -2.03. The van der Waals surface area contributed by atoms with Gasteiger partial charge in [0.15, 0.2) is 0 Å². The molecule has 13 heavy (non-hydrogen) atoms. The maximum absolute atomic E-state index is 4.44. The molecule has 0 radical (unpaired) electrons. The van der Waals surface area contributed by atoms with E-state index < -0.39 is 0 Å². The van der Waals surface area contributed by atoms with Crippen LogP contribution < -0.4 is 0 Å². The summed E-state index contributed by atoms with van der Waals surface area (Å²) in [7, 11) is 0. The van der Waals surface area contributed by atoms with E-state index in [4.69, 9.17) is 0 Å². The molecule has 0 aliphatic heterocycles. The van der Waals surface area contributed by atoms with Crippen LogP contribution in [0.3, 0.4) is 0 Å². The van der Waals surface area contributed by atoms with Crippen molar-refractivity contribution in [3.63, 3.8) is 0 Å². The van der Waals surface area contributed by atoms with E-state index in [0.29, 0.717) is 0 Å². The molecule has 0 aliphatic carbocycles. The summed E-state index contributed by atoms with van der Waals surface area (Å²) >= 11 is 0. The normalized spacial score (nSPS) is 14.8. The van der Waals surface area contributed by atoms with Crippen molar-refractivity contribution in [3.8, 4) is 0 Å². The second-order valence-corrected chi connectivity index (χ2v) is 3.10. The molecule has 0 aromatic rings. The van der Waals surface area contributed by atoms with Gasteiger partial charge in [0.05, 0.1) is 6.04 Å². The van der Waals surface area contributed by atoms with Crippen LogP contribution in [-0.2, 0) is 0 Å². The Morgan fingerprint density at radius 2 is 2.15 bits per heavy atom. The van der Waals surface area contributed by atoms with Gasteiger partial charge >= 0.3 is 0 Å². The second kappa shape index (κ2) is 7.78. The fourth-order valence-corrected chi connectivity index (χ4v) is 1.10. The van der Waals surface area contributed by atoms with Crippen molar-refractivity contribution in [2.45, 2.75) is 46.1 Å². The SMILES string of the molecule is C=C[C@H](CC)/N=C/C(=C/C)CCC. The van der Waals surface area contributed by atoms with Crippen molar-refractivity contribution in [2.24, 2.45) is 4.99 Å². The molecule has 1 atom stereocenters. The molecule has 74 valence electrons. The fraction of sp³-hybridized carbons (Fsp3) is 0.583. The van der Waals surface area contributed by atoms with E-state index in [1.54, 1.807) is 0 Å². The van der Waals surface area contributed by atoms with Crippen LogP contribution >= 0.6 is 0 Å². The van der Waals surface area contributed by atoms with Gasteiger partial charge in [-0.2, -0.15) is 0 Å². The summed E-state index contributed by atoms with van der Waals surface area (Å²) in [5.41, 5.74) is 1.32. The molecule has 0 aromatic carbocycles. The second-order valence-electron chi connectivity index (χ2n) is 3.10. The van der Waals surface area contributed by atoms with Crippen molar-refractivity contribution in [3.05, 3.63) is 24.3 Å². The van der Waals surface area contributed by atoms with E-state index in [1.807, 2.05) is 12.3 Å². The van der Waals surface area contributed by atoms with Gasteiger partial charge in [-0.05, 0) is 25.3 Å². The van der Waals surface area contributed by atoms with Crippen molar-refractivity contribution in [1.29, 1.82) is 0 Å². The summed E-state index contributed by atoms with van der Waals surface area (Å²) < 4.78 is 0. The predicted molar refractivity (Wildman–Crippen MR) is 61.4 cm³/mol. The summed E-state index contributed by atoms with van der Waals surface area (Å²) in [4.78, 5) is 4.44. The molecule has 0 saturated heterocycles. The third-order valence-corrected chi connectivity index (χ3v) is 2.03. The Hall–Kier alpha value is -0.850. The Balaban J connectivity index is 4.12. The Kier molecular flexibility index (Phi) is 7.27. The van der Waals surface area contributed by atoms with Gasteiger partial charge in [-0.3, -0.25) is 4.99 Å². The zero-order chi connectivity index (χ0) is 10.1. The summed E-state index contributed by atoms with van der Waals surface area (Å²) in [6.45, 7) is 10.1. The minimum Gasteiger partial charge on any atom is -0.285 e. The molecular weight excluding hydrogens is 158 g/mol. The van der Waals surface area contributed by atoms with E-state index in [0.717, 1.165) is 12.8 Å². The lowest BCUT2D eigenvalue weighted by molar-refractivity contribution is 0.788. The molecule has 0 bridgehead atoms. The minimum absolute atomic E-state index is 0.284. The van der Waals surface area contributed by atoms with Crippen molar-refractivity contribution >= 4 is 6.21 Å².